The summed E-state index contributed by atoms with van der Waals surface area (Å²) in [5.74, 6) is 0.00966. The molecule has 3 aliphatic carbocycles. The summed E-state index contributed by atoms with van der Waals surface area (Å²) < 4.78 is 0. The molecule has 0 atom stereocenters. The van der Waals surface area contributed by atoms with Crippen LogP contribution < -0.4 is 10.6 Å². The van der Waals surface area contributed by atoms with E-state index in [1.165, 1.54) is 0 Å². The molecular formula is C10H15N3O2. The van der Waals surface area contributed by atoms with Crippen LogP contribution in [-0.2, 0) is 9.59 Å². The normalized spacial score (nSPS) is 36.8. The maximum atomic E-state index is 11.7. The van der Waals surface area contributed by atoms with Gasteiger partial charge in [0.1, 0.15) is 0 Å². The topological polar surface area (TPSA) is 61.4 Å². The fourth-order valence-corrected chi connectivity index (χ4v) is 2.75. The zero-order valence-corrected chi connectivity index (χ0v) is 8.58. The molecule has 2 N–H and O–H groups in total. The minimum Gasteiger partial charge on any atom is -0.342 e. The molecule has 82 valence electrons. The van der Waals surface area contributed by atoms with Crippen molar-refractivity contribution in [1.82, 2.24) is 15.5 Å². The van der Waals surface area contributed by atoms with Crippen LogP contribution in [0.15, 0.2) is 0 Å². The molecule has 0 spiro atoms. The van der Waals surface area contributed by atoms with Crippen molar-refractivity contribution < 1.29 is 9.59 Å². The van der Waals surface area contributed by atoms with Crippen molar-refractivity contribution in [2.24, 2.45) is 5.92 Å². The van der Waals surface area contributed by atoms with Crippen LogP contribution in [0.4, 0.5) is 0 Å². The first-order valence-corrected chi connectivity index (χ1v) is 5.51. The highest BCUT2D eigenvalue weighted by molar-refractivity contribution is 6.35. The second kappa shape index (κ2) is 2.95. The molecule has 4 aliphatic rings. The number of rotatable bonds is 1. The molecule has 0 radical (unpaired) electrons. The molecule has 1 heterocycles. The van der Waals surface area contributed by atoms with Crippen molar-refractivity contribution in [2.45, 2.75) is 24.8 Å². The van der Waals surface area contributed by atoms with Gasteiger partial charge < -0.3 is 10.2 Å². The van der Waals surface area contributed by atoms with Crippen LogP contribution in [0.3, 0.4) is 0 Å². The van der Waals surface area contributed by atoms with Gasteiger partial charge in [0, 0.05) is 18.6 Å². The van der Waals surface area contributed by atoms with Crippen molar-refractivity contribution >= 4 is 11.8 Å². The lowest BCUT2D eigenvalue weighted by Gasteiger charge is -2.61. The van der Waals surface area contributed by atoms with E-state index in [4.69, 9.17) is 0 Å². The summed E-state index contributed by atoms with van der Waals surface area (Å²) >= 11 is 0. The molecule has 0 aromatic carbocycles. The SMILES string of the molecule is O=C(NC12CC(C1)C2)C(=O)N1CCNC1. The molecule has 0 aromatic heterocycles. The first-order valence-electron chi connectivity index (χ1n) is 5.51. The van der Waals surface area contributed by atoms with Gasteiger partial charge in [0.05, 0.1) is 6.67 Å². The van der Waals surface area contributed by atoms with Crippen molar-refractivity contribution in [1.29, 1.82) is 0 Å². The fraction of sp³-hybridized carbons (Fsp3) is 0.800. The smallest absolute Gasteiger partial charge is 0.312 e. The lowest BCUT2D eigenvalue weighted by atomic mass is 9.50. The second-order valence-corrected chi connectivity index (χ2v) is 4.94. The Bertz CT molecular complexity index is 306. The standard InChI is InChI=1S/C10H15N3O2/c14-8(9(15)13-2-1-11-6-13)12-10-3-7(4-10)5-10/h7,11H,1-6H2,(H,12,14). The van der Waals surface area contributed by atoms with Crippen LogP contribution in [0.2, 0.25) is 0 Å². The molecule has 2 amide bonds. The van der Waals surface area contributed by atoms with E-state index in [1.807, 2.05) is 0 Å². The number of hydrogen-bond donors (Lipinski definition) is 2. The quantitative estimate of drug-likeness (QED) is 0.547. The molecule has 15 heavy (non-hydrogen) atoms. The Morgan fingerprint density at radius 1 is 1.33 bits per heavy atom. The highest BCUT2D eigenvalue weighted by Crippen LogP contribution is 2.56. The third-order valence-electron chi connectivity index (χ3n) is 3.76. The lowest BCUT2D eigenvalue weighted by Crippen LogP contribution is -2.69. The molecule has 4 rings (SSSR count). The van der Waals surface area contributed by atoms with Gasteiger partial charge in [-0.3, -0.25) is 14.9 Å². The average Bonchev–Trinajstić information content (AvgIpc) is 2.60. The molecule has 2 bridgehead atoms. The van der Waals surface area contributed by atoms with Gasteiger partial charge in [-0.25, -0.2) is 0 Å². The van der Waals surface area contributed by atoms with E-state index in [2.05, 4.69) is 10.6 Å². The van der Waals surface area contributed by atoms with Gasteiger partial charge in [-0.15, -0.1) is 0 Å². The Morgan fingerprint density at radius 2 is 2.07 bits per heavy atom. The Hall–Kier alpha value is -1.10. The first kappa shape index (κ1) is 9.15. The molecule has 5 nitrogen and oxygen atoms in total. The summed E-state index contributed by atoms with van der Waals surface area (Å²) in [6.07, 6.45) is 3.22. The van der Waals surface area contributed by atoms with Gasteiger partial charge in [0.25, 0.3) is 0 Å². The zero-order chi connectivity index (χ0) is 10.5. The van der Waals surface area contributed by atoms with E-state index in [1.54, 1.807) is 4.90 Å². The third kappa shape index (κ3) is 1.33. The maximum Gasteiger partial charge on any atom is 0.312 e. The van der Waals surface area contributed by atoms with Gasteiger partial charge in [-0.2, -0.15) is 0 Å². The third-order valence-corrected chi connectivity index (χ3v) is 3.76. The zero-order valence-electron chi connectivity index (χ0n) is 8.58. The first-order chi connectivity index (χ1) is 7.19. The summed E-state index contributed by atoms with van der Waals surface area (Å²) in [5.41, 5.74) is 0.00453. The van der Waals surface area contributed by atoms with E-state index in [9.17, 15) is 9.59 Å². The summed E-state index contributed by atoms with van der Waals surface area (Å²) in [4.78, 5) is 24.8. The Balaban J connectivity index is 1.56. The van der Waals surface area contributed by atoms with Gasteiger partial charge in [-0.1, -0.05) is 0 Å². The highest BCUT2D eigenvalue weighted by atomic mass is 16.2. The molecule has 5 heteroatoms. The number of nitrogens with zero attached hydrogens (tertiary/aromatic N) is 1. The monoisotopic (exact) mass is 209 g/mol. The molecular weight excluding hydrogens is 194 g/mol. The van der Waals surface area contributed by atoms with Crippen LogP contribution in [-0.4, -0.2) is 42.0 Å². The Kier molecular flexibility index (Phi) is 1.80. The molecule has 1 aliphatic heterocycles. The van der Waals surface area contributed by atoms with Crippen molar-refractivity contribution in [3.8, 4) is 0 Å². The molecule has 1 saturated heterocycles. The predicted molar refractivity (Wildman–Crippen MR) is 52.8 cm³/mol. The lowest BCUT2D eigenvalue weighted by molar-refractivity contribution is -0.151. The number of nitrogens with one attached hydrogen (secondary N) is 2. The van der Waals surface area contributed by atoms with Gasteiger partial charge >= 0.3 is 11.8 Å². The minimum absolute atomic E-state index is 0.00453. The van der Waals surface area contributed by atoms with E-state index in [0.29, 0.717) is 13.2 Å². The van der Waals surface area contributed by atoms with Crippen molar-refractivity contribution in [2.75, 3.05) is 19.8 Å². The van der Waals surface area contributed by atoms with Crippen LogP contribution in [0, 0.1) is 5.92 Å². The minimum atomic E-state index is -0.420. The van der Waals surface area contributed by atoms with Crippen molar-refractivity contribution in [3.63, 3.8) is 0 Å². The summed E-state index contributed by atoms with van der Waals surface area (Å²) in [7, 11) is 0. The number of carbonyl (C=O) groups excluding carboxylic acids is 2. The molecule has 0 unspecified atom stereocenters. The molecule has 0 aromatic rings. The van der Waals surface area contributed by atoms with Crippen LogP contribution in [0.25, 0.3) is 0 Å². The van der Waals surface area contributed by atoms with E-state index < -0.39 is 5.91 Å². The van der Waals surface area contributed by atoms with Crippen LogP contribution in [0.1, 0.15) is 19.3 Å². The van der Waals surface area contributed by atoms with Gasteiger partial charge in [0.2, 0.25) is 0 Å². The fourth-order valence-electron chi connectivity index (χ4n) is 2.75. The maximum absolute atomic E-state index is 11.7. The van der Waals surface area contributed by atoms with Crippen LogP contribution in [0.5, 0.6) is 0 Å². The summed E-state index contributed by atoms with van der Waals surface area (Å²) in [5, 5.41) is 5.91. The molecule has 3 saturated carbocycles. The summed E-state index contributed by atoms with van der Waals surface area (Å²) in [6.45, 7) is 1.93. The van der Waals surface area contributed by atoms with E-state index in [0.717, 1.165) is 31.7 Å². The molecule has 4 fully saturated rings. The summed E-state index contributed by atoms with van der Waals surface area (Å²) in [6, 6.07) is 0. The Labute approximate surface area is 88.2 Å². The average molecular weight is 209 g/mol. The largest absolute Gasteiger partial charge is 0.342 e. The number of amides is 2. The van der Waals surface area contributed by atoms with Crippen LogP contribution >= 0.6 is 0 Å². The number of carbonyl (C=O) groups is 2. The second-order valence-electron chi connectivity index (χ2n) is 4.94. The Morgan fingerprint density at radius 3 is 2.53 bits per heavy atom. The van der Waals surface area contributed by atoms with E-state index >= 15 is 0 Å². The number of hydrogen-bond acceptors (Lipinski definition) is 3. The van der Waals surface area contributed by atoms with Gasteiger partial charge in [-0.05, 0) is 25.2 Å². The highest BCUT2D eigenvalue weighted by Gasteiger charge is 2.57. The van der Waals surface area contributed by atoms with Gasteiger partial charge in [0.15, 0.2) is 0 Å². The van der Waals surface area contributed by atoms with Crippen molar-refractivity contribution in [3.05, 3.63) is 0 Å². The van der Waals surface area contributed by atoms with E-state index in [-0.39, 0.29) is 11.4 Å². The predicted octanol–water partition coefficient (Wildman–Crippen LogP) is -0.956.